The van der Waals surface area contributed by atoms with Crippen molar-refractivity contribution in [3.63, 3.8) is 0 Å². The lowest BCUT2D eigenvalue weighted by Gasteiger charge is -2.30. The number of hydrogen-bond donors (Lipinski definition) is 0. The van der Waals surface area contributed by atoms with E-state index in [1.807, 2.05) is 24.3 Å². The van der Waals surface area contributed by atoms with E-state index in [1.165, 1.54) is 32.1 Å². The second-order valence-corrected chi connectivity index (χ2v) is 6.37. The van der Waals surface area contributed by atoms with Crippen LogP contribution in [0.2, 0.25) is 0 Å². The number of Topliss-reactive ketones (excluding diaryl/α,β-unsaturated/α-hetero) is 1. The van der Waals surface area contributed by atoms with Gasteiger partial charge in [0.25, 0.3) is 0 Å². The van der Waals surface area contributed by atoms with Crippen LogP contribution >= 0.6 is 15.9 Å². The molecule has 0 spiro atoms. The average molecular weight is 324 g/mol. The summed E-state index contributed by atoms with van der Waals surface area (Å²) < 4.78 is 0.971. The standard InChI is InChI=1S/C16H22BrNO/c1-18(15-8-3-2-4-9-15)11-10-16(19)13-6-5-7-14(17)12-13/h5-7,12,15H,2-4,8-11H2,1H3. The van der Waals surface area contributed by atoms with Crippen molar-refractivity contribution in [2.45, 2.75) is 44.6 Å². The number of ketones is 1. The van der Waals surface area contributed by atoms with Crippen LogP contribution < -0.4 is 0 Å². The number of hydrogen-bond acceptors (Lipinski definition) is 2. The van der Waals surface area contributed by atoms with Crippen LogP contribution in [0.4, 0.5) is 0 Å². The Morgan fingerprint density at radius 2 is 2.05 bits per heavy atom. The molecule has 1 aromatic rings. The maximum absolute atomic E-state index is 12.1. The fourth-order valence-corrected chi connectivity index (χ4v) is 3.19. The molecule has 3 heteroatoms. The van der Waals surface area contributed by atoms with E-state index in [-0.39, 0.29) is 5.78 Å². The summed E-state index contributed by atoms with van der Waals surface area (Å²) in [6, 6.07) is 8.35. The maximum atomic E-state index is 12.1. The molecule has 0 aromatic heterocycles. The molecule has 0 heterocycles. The van der Waals surface area contributed by atoms with E-state index in [9.17, 15) is 4.79 Å². The predicted molar refractivity (Wildman–Crippen MR) is 82.6 cm³/mol. The fourth-order valence-electron chi connectivity index (χ4n) is 2.79. The molecular formula is C16H22BrNO. The van der Waals surface area contributed by atoms with Crippen LogP contribution in [0, 0.1) is 0 Å². The van der Waals surface area contributed by atoms with Crippen molar-refractivity contribution < 1.29 is 4.79 Å². The monoisotopic (exact) mass is 323 g/mol. The lowest BCUT2D eigenvalue weighted by molar-refractivity contribution is 0.0952. The fraction of sp³-hybridized carbons (Fsp3) is 0.562. The van der Waals surface area contributed by atoms with Gasteiger partial charge in [0.1, 0.15) is 0 Å². The van der Waals surface area contributed by atoms with E-state index in [4.69, 9.17) is 0 Å². The summed E-state index contributed by atoms with van der Waals surface area (Å²) in [7, 11) is 2.16. The van der Waals surface area contributed by atoms with Crippen molar-refractivity contribution in [2.24, 2.45) is 0 Å². The van der Waals surface area contributed by atoms with Gasteiger partial charge in [-0.1, -0.05) is 47.3 Å². The van der Waals surface area contributed by atoms with Crippen LogP contribution in [-0.2, 0) is 0 Å². The van der Waals surface area contributed by atoms with E-state index in [0.717, 1.165) is 16.6 Å². The van der Waals surface area contributed by atoms with Gasteiger partial charge in [-0.3, -0.25) is 4.79 Å². The molecule has 0 saturated heterocycles. The van der Waals surface area contributed by atoms with Crippen molar-refractivity contribution >= 4 is 21.7 Å². The summed E-state index contributed by atoms with van der Waals surface area (Å²) in [6.45, 7) is 0.871. The minimum Gasteiger partial charge on any atom is -0.303 e. The third kappa shape index (κ3) is 4.43. The molecule has 0 aliphatic heterocycles. The van der Waals surface area contributed by atoms with Gasteiger partial charge in [0.2, 0.25) is 0 Å². The molecule has 2 rings (SSSR count). The van der Waals surface area contributed by atoms with Crippen LogP contribution in [0.15, 0.2) is 28.7 Å². The van der Waals surface area contributed by atoms with Gasteiger partial charge in [0.15, 0.2) is 5.78 Å². The number of halogens is 1. The first kappa shape index (κ1) is 14.7. The summed E-state index contributed by atoms with van der Waals surface area (Å²) in [5.41, 5.74) is 0.811. The Morgan fingerprint density at radius 3 is 2.74 bits per heavy atom. The Balaban J connectivity index is 1.82. The number of benzene rings is 1. The molecule has 0 atom stereocenters. The molecule has 2 nitrogen and oxygen atoms in total. The van der Waals surface area contributed by atoms with Crippen LogP contribution in [0.5, 0.6) is 0 Å². The maximum Gasteiger partial charge on any atom is 0.164 e. The first-order chi connectivity index (χ1) is 9.16. The normalized spacial score (nSPS) is 16.8. The van der Waals surface area contributed by atoms with Crippen LogP contribution in [0.25, 0.3) is 0 Å². The highest BCUT2D eigenvalue weighted by molar-refractivity contribution is 9.10. The van der Waals surface area contributed by atoms with Crippen molar-refractivity contribution in [3.8, 4) is 0 Å². The van der Waals surface area contributed by atoms with Gasteiger partial charge in [0, 0.05) is 29.0 Å². The first-order valence-electron chi connectivity index (χ1n) is 7.16. The van der Waals surface area contributed by atoms with Crippen molar-refractivity contribution in [1.82, 2.24) is 4.90 Å². The van der Waals surface area contributed by atoms with Gasteiger partial charge in [-0.05, 0) is 32.0 Å². The highest BCUT2D eigenvalue weighted by Gasteiger charge is 2.18. The molecule has 1 aliphatic rings. The second-order valence-electron chi connectivity index (χ2n) is 5.46. The van der Waals surface area contributed by atoms with E-state index in [1.54, 1.807) is 0 Å². The Kier molecular flexibility index (Phi) is 5.59. The van der Waals surface area contributed by atoms with Crippen LogP contribution in [-0.4, -0.2) is 30.3 Å². The lowest BCUT2D eigenvalue weighted by atomic mass is 9.94. The predicted octanol–water partition coefficient (Wildman–Crippen LogP) is 4.29. The molecule has 0 N–H and O–H groups in total. The molecule has 1 aliphatic carbocycles. The quantitative estimate of drug-likeness (QED) is 0.753. The topological polar surface area (TPSA) is 20.3 Å². The zero-order chi connectivity index (χ0) is 13.7. The lowest BCUT2D eigenvalue weighted by Crippen LogP contribution is -2.34. The highest BCUT2D eigenvalue weighted by Crippen LogP contribution is 2.22. The zero-order valence-electron chi connectivity index (χ0n) is 11.6. The van der Waals surface area contributed by atoms with Crippen molar-refractivity contribution in [2.75, 3.05) is 13.6 Å². The van der Waals surface area contributed by atoms with E-state index >= 15 is 0 Å². The van der Waals surface area contributed by atoms with Crippen LogP contribution in [0.1, 0.15) is 48.9 Å². The van der Waals surface area contributed by atoms with Gasteiger partial charge in [-0.2, -0.15) is 0 Å². The van der Waals surface area contributed by atoms with Crippen molar-refractivity contribution in [3.05, 3.63) is 34.3 Å². The van der Waals surface area contributed by atoms with Crippen molar-refractivity contribution in [1.29, 1.82) is 0 Å². The van der Waals surface area contributed by atoms with Crippen LogP contribution in [0.3, 0.4) is 0 Å². The Bertz CT molecular complexity index is 427. The molecule has 0 amide bonds. The molecule has 0 radical (unpaired) electrons. The third-order valence-electron chi connectivity index (χ3n) is 4.04. The molecular weight excluding hydrogens is 302 g/mol. The molecule has 104 valence electrons. The van der Waals surface area contributed by atoms with Gasteiger partial charge < -0.3 is 4.90 Å². The summed E-state index contributed by atoms with van der Waals surface area (Å²) in [4.78, 5) is 14.5. The molecule has 1 aromatic carbocycles. The summed E-state index contributed by atoms with van der Waals surface area (Å²) in [6.07, 6.45) is 7.26. The summed E-state index contributed by atoms with van der Waals surface area (Å²) in [5, 5.41) is 0. The Labute approximate surface area is 124 Å². The molecule has 1 fully saturated rings. The van der Waals surface area contributed by atoms with E-state index in [0.29, 0.717) is 12.5 Å². The summed E-state index contributed by atoms with van der Waals surface area (Å²) in [5.74, 6) is 0.240. The molecule has 0 unspecified atom stereocenters. The number of rotatable bonds is 5. The molecule has 19 heavy (non-hydrogen) atoms. The zero-order valence-corrected chi connectivity index (χ0v) is 13.2. The van der Waals surface area contributed by atoms with Gasteiger partial charge in [-0.25, -0.2) is 0 Å². The Morgan fingerprint density at radius 1 is 1.32 bits per heavy atom. The first-order valence-corrected chi connectivity index (χ1v) is 7.95. The molecule has 1 saturated carbocycles. The van der Waals surface area contributed by atoms with Gasteiger partial charge >= 0.3 is 0 Å². The van der Waals surface area contributed by atoms with Gasteiger partial charge in [-0.15, -0.1) is 0 Å². The van der Waals surface area contributed by atoms with Gasteiger partial charge in [0.05, 0.1) is 0 Å². The minimum absolute atomic E-state index is 0.240. The second kappa shape index (κ2) is 7.20. The smallest absolute Gasteiger partial charge is 0.164 e. The van der Waals surface area contributed by atoms with E-state index in [2.05, 4.69) is 27.9 Å². The number of nitrogens with zero attached hydrogens (tertiary/aromatic N) is 1. The number of carbonyl (C=O) groups is 1. The Hall–Kier alpha value is -0.670. The van der Waals surface area contributed by atoms with E-state index < -0.39 is 0 Å². The highest BCUT2D eigenvalue weighted by atomic mass is 79.9. The largest absolute Gasteiger partial charge is 0.303 e. The number of carbonyl (C=O) groups excluding carboxylic acids is 1. The average Bonchev–Trinajstić information content (AvgIpc) is 2.45. The summed E-state index contributed by atoms with van der Waals surface area (Å²) >= 11 is 3.41. The SMILES string of the molecule is CN(CCC(=O)c1cccc(Br)c1)C1CCCCC1. The minimum atomic E-state index is 0.240. The third-order valence-corrected chi connectivity index (χ3v) is 4.53. The molecule has 0 bridgehead atoms.